The molecule has 0 aliphatic carbocycles. The van der Waals surface area contributed by atoms with Gasteiger partial charge in [0.2, 0.25) is 5.91 Å². The number of carbonyl (C=O) groups is 1. The van der Waals surface area contributed by atoms with Crippen LogP contribution < -0.4 is 11.1 Å². The van der Waals surface area contributed by atoms with E-state index in [4.69, 9.17) is 5.73 Å². The number of carbonyl (C=O) groups excluding carboxylic acids is 1. The number of thiophene rings is 1. The zero-order valence-electron chi connectivity index (χ0n) is 15.5. The lowest BCUT2D eigenvalue weighted by Crippen LogP contribution is -2.14. The SMILES string of the molecule is Cc1cccnc1NC(=O)CCSc1nc(N)c(C#N)c(-c2ccsc2)c1C#N. The number of hydrogen-bond donors (Lipinski definition) is 2. The number of rotatable bonds is 6. The molecule has 0 radical (unpaired) electrons. The Hall–Kier alpha value is -3.40. The van der Waals surface area contributed by atoms with Gasteiger partial charge in [0.05, 0.1) is 5.56 Å². The van der Waals surface area contributed by atoms with E-state index >= 15 is 0 Å². The molecule has 3 rings (SSSR count). The Bertz CT molecular complexity index is 1130. The van der Waals surface area contributed by atoms with Crippen LogP contribution in [0.2, 0.25) is 0 Å². The van der Waals surface area contributed by atoms with Crippen molar-refractivity contribution in [3.63, 3.8) is 0 Å². The van der Waals surface area contributed by atoms with E-state index in [0.29, 0.717) is 27.7 Å². The molecule has 29 heavy (non-hydrogen) atoms. The molecule has 0 aliphatic rings. The third-order valence-corrected chi connectivity index (χ3v) is 5.72. The van der Waals surface area contributed by atoms with Gasteiger partial charge < -0.3 is 11.1 Å². The first-order valence-electron chi connectivity index (χ1n) is 8.55. The number of aryl methyl sites for hydroxylation is 1. The zero-order valence-corrected chi connectivity index (χ0v) is 17.1. The van der Waals surface area contributed by atoms with E-state index < -0.39 is 0 Å². The van der Waals surface area contributed by atoms with Crippen molar-refractivity contribution in [1.29, 1.82) is 10.5 Å². The largest absolute Gasteiger partial charge is 0.383 e. The van der Waals surface area contributed by atoms with Crippen molar-refractivity contribution in [1.82, 2.24) is 9.97 Å². The number of pyridine rings is 2. The number of anilines is 2. The van der Waals surface area contributed by atoms with Gasteiger partial charge in [0.15, 0.2) is 0 Å². The van der Waals surface area contributed by atoms with Crippen LogP contribution in [0.3, 0.4) is 0 Å². The normalized spacial score (nSPS) is 10.2. The third-order valence-electron chi connectivity index (χ3n) is 4.06. The number of nitrogens with one attached hydrogen (secondary N) is 1. The van der Waals surface area contributed by atoms with Gasteiger partial charge in [0.25, 0.3) is 0 Å². The maximum atomic E-state index is 12.2. The second-order valence-electron chi connectivity index (χ2n) is 5.98. The highest BCUT2D eigenvalue weighted by molar-refractivity contribution is 7.99. The van der Waals surface area contributed by atoms with Gasteiger partial charge in [-0.25, -0.2) is 9.97 Å². The highest BCUT2D eigenvalue weighted by atomic mass is 32.2. The number of nitrogens with two attached hydrogens (primary N) is 1. The molecule has 1 amide bonds. The summed E-state index contributed by atoms with van der Waals surface area (Å²) in [6, 6.07) is 9.69. The summed E-state index contributed by atoms with van der Waals surface area (Å²) < 4.78 is 0. The average molecular weight is 421 g/mol. The molecular weight excluding hydrogens is 404 g/mol. The van der Waals surface area contributed by atoms with Gasteiger partial charge in [-0.15, -0.1) is 11.8 Å². The molecule has 0 spiro atoms. The van der Waals surface area contributed by atoms with Crippen LogP contribution in [0.15, 0.2) is 40.2 Å². The van der Waals surface area contributed by atoms with Crippen LogP contribution in [0, 0.1) is 29.6 Å². The lowest BCUT2D eigenvalue weighted by Gasteiger charge is -2.12. The van der Waals surface area contributed by atoms with E-state index in [0.717, 1.165) is 11.1 Å². The van der Waals surface area contributed by atoms with Crippen molar-refractivity contribution in [2.45, 2.75) is 18.4 Å². The van der Waals surface area contributed by atoms with Gasteiger partial charge >= 0.3 is 0 Å². The molecule has 3 aromatic heterocycles. The van der Waals surface area contributed by atoms with Crippen molar-refractivity contribution in [3.05, 3.63) is 51.8 Å². The Morgan fingerprint density at radius 3 is 2.76 bits per heavy atom. The second-order valence-corrected chi connectivity index (χ2v) is 7.84. The van der Waals surface area contributed by atoms with Crippen LogP contribution >= 0.6 is 23.1 Å². The molecular formula is C20H16N6OS2. The number of nitriles is 2. The Labute approximate surface area is 176 Å². The van der Waals surface area contributed by atoms with E-state index in [2.05, 4.69) is 21.4 Å². The van der Waals surface area contributed by atoms with Gasteiger partial charge in [0, 0.05) is 23.9 Å². The summed E-state index contributed by atoms with van der Waals surface area (Å²) in [5, 5.41) is 26.1. The molecule has 0 saturated carbocycles. The second kappa shape index (κ2) is 9.20. The van der Waals surface area contributed by atoms with Crippen LogP contribution in [0.4, 0.5) is 11.6 Å². The number of amides is 1. The molecule has 7 nitrogen and oxygen atoms in total. The van der Waals surface area contributed by atoms with E-state index in [1.165, 1.54) is 23.1 Å². The number of nitrogens with zero attached hydrogens (tertiary/aromatic N) is 4. The molecule has 0 fully saturated rings. The molecule has 3 aromatic rings. The molecule has 9 heteroatoms. The molecule has 3 N–H and O–H groups in total. The van der Waals surface area contributed by atoms with E-state index in [-0.39, 0.29) is 23.7 Å². The van der Waals surface area contributed by atoms with Gasteiger partial charge in [0.1, 0.15) is 34.4 Å². The minimum atomic E-state index is -0.183. The van der Waals surface area contributed by atoms with E-state index in [9.17, 15) is 15.3 Å². The molecule has 0 aliphatic heterocycles. The lowest BCUT2D eigenvalue weighted by molar-refractivity contribution is -0.115. The van der Waals surface area contributed by atoms with Crippen LogP contribution in [0.5, 0.6) is 0 Å². The molecule has 0 saturated heterocycles. The van der Waals surface area contributed by atoms with Crippen molar-refractivity contribution in [2.75, 3.05) is 16.8 Å². The molecule has 0 unspecified atom stereocenters. The van der Waals surface area contributed by atoms with Crippen molar-refractivity contribution < 1.29 is 4.79 Å². The fourth-order valence-electron chi connectivity index (χ4n) is 2.65. The summed E-state index contributed by atoms with van der Waals surface area (Å²) in [6.07, 6.45) is 1.83. The minimum absolute atomic E-state index is 0.0729. The highest BCUT2D eigenvalue weighted by Crippen LogP contribution is 2.36. The number of aromatic nitrogens is 2. The molecule has 144 valence electrons. The van der Waals surface area contributed by atoms with Crippen molar-refractivity contribution >= 4 is 40.6 Å². The minimum Gasteiger partial charge on any atom is -0.383 e. The standard InChI is InChI=1S/C20H16N6OS2/c1-12-3-2-6-24-19(12)25-16(27)5-8-29-20-15(10-22)17(13-4-7-28-11-13)14(9-21)18(23)26-20/h2-4,6-7,11H,5,8H2,1H3,(H2,23,26)(H,24,25,27). The zero-order chi connectivity index (χ0) is 20.8. The third kappa shape index (κ3) is 4.54. The summed E-state index contributed by atoms with van der Waals surface area (Å²) in [6.45, 7) is 1.87. The number of hydrogen-bond acceptors (Lipinski definition) is 8. The lowest BCUT2D eigenvalue weighted by atomic mass is 9.99. The van der Waals surface area contributed by atoms with Crippen molar-refractivity contribution in [3.8, 4) is 23.3 Å². The van der Waals surface area contributed by atoms with Gasteiger partial charge in [-0.2, -0.15) is 21.9 Å². The maximum Gasteiger partial charge on any atom is 0.226 e. The number of thioether (sulfide) groups is 1. The Morgan fingerprint density at radius 1 is 1.31 bits per heavy atom. The fraction of sp³-hybridized carbons (Fsp3) is 0.150. The quantitative estimate of drug-likeness (QED) is 0.577. The maximum absolute atomic E-state index is 12.2. The summed E-state index contributed by atoms with van der Waals surface area (Å²) in [5.74, 6) is 0.815. The van der Waals surface area contributed by atoms with E-state index in [1.807, 2.05) is 35.9 Å². The van der Waals surface area contributed by atoms with Crippen LogP contribution in [-0.2, 0) is 4.79 Å². The number of nitrogen functional groups attached to an aromatic ring is 1. The molecule has 0 bridgehead atoms. The Balaban J connectivity index is 1.78. The smallest absolute Gasteiger partial charge is 0.226 e. The molecule has 0 atom stereocenters. The summed E-state index contributed by atoms with van der Waals surface area (Å²) >= 11 is 2.72. The summed E-state index contributed by atoms with van der Waals surface area (Å²) in [4.78, 5) is 20.6. The van der Waals surface area contributed by atoms with Crippen LogP contribution in [0.1, 0.15) is 23.1 Å². The fourth-order valence-corrected chi connectivity index (χ4v) is 4.23. The van der Waals surface area contributed by atoms with Gasteiger partial charge in [-0.1, -0.05) is 6.07 Å². The molecule has 3 heterocycles. The van der Waals surface area contributed by atoms with Crippen LogP contribution in [-0.4, -0.2) is 21.6 Å². The van der Waals surface area contributed by atoms with Crippen LogP contribution in [0.25, 0.3) is 11.1 Å². The van der Waals surface area contributed by atoms with E-state index in [1.54, 1.807) is 12.3 Å². The summed E-state index contributed by atoms with van der Waals surface area (Å²) in [7, 11) is 0. The Kier molecular flexibility index (Phi) is 6.45. The highest BCUT2D eigenvalue weighted by Gasteiger charge is 2.21. The molecule has 0 aromatic carbocycles. The first-order chi connectivity index (χ1) is 14.0. The van der Waals surface area contributed by atoms with Gasteiger partial charge in [-0.3, -0.25) is 4.79 Å². The average Bonchev–Trinajstić information content (AvgIpc) is 3.23. The monoisotopic (exact) mass is 420 g/mol. The topological polar surface area (TPSA) is 128 Å². The predicted molar refractivity (Wildman–Crippen MR) is 114 cm³/mol. The predicted octanol–water partition coefficient (Wildman–Crippen LogP) is 3.96. The Morgan fingerprint density at radius 2 is 2.10 bits per heavy atom. The summed E-state index contributed by atoms with van der Waals surface area (Å²) in [5.41, 5.74) is 8.57. The first kappa shape index (κ1) is 20.3. The van der Waals surface area contributed by atoms with Gasteiger partial charge in [-0.05, 0) is 40.9 Å². The first-order valence-corrected chi connectivity index (χ1v) is 10.5. The van der Waals surface area contributed by atoms with Crippen molar-refractivity contribution in [2.24, 2.45) is 0 Å².